The molecule has 3 aliphatic rings. The van der Waals surface area contributed by atoms with Crippen molar-refractivity contribution in [3.63, 3.8) is 0 Å². The maximum Gasteiger partial charge on any atom is 0.416 e. The number of hydrogen-bond donors (Lipinski definition) is 1. The summed E-state index contributed by atoms with van der Waals surface area (Å²) < 4.78 is 44.7. The molecule has 1 aromatic carbocycles. The number of esters is 1. The molecule has 0 spiro atoms. The summed E-state index contributed by atoms with van der Waals surface area (Å²) in [5.74, 6) is -0.977. The van der Waals surface area contributed by atoms with Gasteiger partial charge in [0.25, 0.3) is 0 Å². The Balaban J connectivity index is 1.72. The molecule has 0 radical (unpaired) electrons. The number of carbonyl (C=O) groups is 1. The van der Waals surface area contributed by atoms with Crippen LogP contribution in [0.1, 0.15) is 50.7 Å². The highest BCUT2D eigenvalue weighted by atomic mass is 19.4. The van der Waals surface area contributed by atoms with Gasteiger partial charge in [-0.05, 0) is 63.3 Å². The molecule has 0 amide bonds. The predicted molar refractivity (Wildman–Crippen MR) is 98.1 cm³/mol. The fourth-order valence-electron chi connectivity index (χ4n) is 5.01. The van der Waals surface area contributed by atoms with Crippen LogP contribution in [0.5, 0.6) is 0 Å². The Kier molecular flexibility index (Phi) is 4.45. The van der Waals surface area contributed by atoms with Gasteiger partial charge in [0.05, 0.1) is 11.2 Å². The topological polar surface area (TPSA) is 46.5 Å². The van der Waals surface area contributed by atoms with Gasteiger partial charge in [-0.3, -0.25) is 0 Å². The Hall–Kier alpha value is -2.08. The highest BCUT2D eigenvalue weighted by molar-refractivity contribution is 5.96. The zero-order chi connectivity index (χ0) is 20.3. The van der Waals surface area contributed by atoms with Crippen molar-refractivity contribution in [3.8, 4) is 0 Å². The second-order valence-electron chi connectivity index (χ2n) is 8.38. The van der Waals surface area contributed by atoms with Crippen molar-refractivity contribution in [3.05, 3.63) is 52.1 Å². The van der Waals surface area contributed by atoms with Crippen LogP contribution in [0.15, 0.2) is 41.0 Å². The van der Waals surface area contributed by atoms with Crippen molar-refractivity contribution >= 4 is 12.0 Å². The minimum atomic E-state index is -4.44. The number of rotatable bonds is 1. The lowest BCUT2D eigenvalue weighted by Gasteiger charge is -2.32. The lowest BCUT2D eigenvalue weighted by molar-refractivity contribution is -0.144. The van der Waals surface area contributed by atoms with Crippen LogP contribution < -0.4 is 0 Å². The molecule has 1 aromatic rings. The van der Waals surface area contributed by atoms with Crippen LogP contribution in [0.25, 0.3) is 6.08 Å². The first-order chi connectivity index (χ1) is 13.1. The fraction of sp³-hybridized carbons (Fsp3) is 0.500. The number of alkyl halides is 3. The van der Waals surface area contributed by atoms with Gasteiger partial charge in [0, 0.05) is 17.4 Å². The normalized spacial score (nSPS) is 34.3. The largest absolute Gasteiger partial charge is 0.458 e. The van der Waals surface area contributed by atoms with Crippen LogP contribution in [0.2, 0.25) is 0 Å². The smallest absolute Gasteiger partial charge is 0.416 e. The number of ether oxygens (including phenoxy) is 1. The van der Waals surface area contributed by atoms with Crippen molar-refractivity contribution in [1.29, 1.82) is 0 Å². The van der Waals surface area contributed by atoms with Crippen LogP contribution in [-0.4, -0.2) is 22.8 Å². The van der Waals surface area contributed by atoms with Crippen molar-refractivity contribution in [2.45, 2.75) is 57.4 Å². The molecule has 2 aliphatic carbocycles. The Morgan fingerprint density at radius 2 is 2.04 bits per heavy atom. The van der Waals surface area contributed by atoms with Crippen LogP contribution in [-0.2, 0) is 15.7 Å². The molecule has 150 valence electrons. The van der Waals surface area contributed by atoms with E-state index in [2.05, 4.69) is 6.92 Å². The Morgan fingerprint density at radius 3 is 2.75 bits per heavy atom. The number of allylic oxidation sites excluding steroid dienone is 1. The molecule has 1 unspecified atom stereocenters. The number of fused-ring (bicyclic) bond motifs is 3. The number of carbonyl (C=O) groups excluding carboxylic acids is 1. The van der Waals surface area contributed by atoms with Crippen LogP contribution >= 0.6 is 0 Å². The summed E-state index contributed by atoms with van der Waals surface area (Å²) in [5.41, 5.74) is 1.44. The first kappa shape index (κ1) is 19.2. The quantitative estimate of drug-likeness (QED) is 0.420. The standard InChI is InChI=1S/C22H23F3O3/c1-12-6-7-16-17(11-13-4-3-5-14(10-13)22(23,24)25)20(26)28-19(16)18-15(12)8-9-21(18,2)27/h3-5,10-11,16,18-19,27H,6-9H2,1-2H3/b17-11+/t16-,18?,19-,21+/m0/s1. The minimum Gasteiger partial charge on any atom is -0.458 e. The predicted octanol–water partition coefficient (Wildman–Crippen LogP) is 4.90. The number of benzene rings is 1. The van der Waals surface area contributed by atoms with Gasteiger partial charge < -0.3 is 9.84 Å². The molecule has 1 saturated heterocycles. The van der Waals surface area contributed by atoms with Gasteiger partial charge in [-0.15, -0.1) is 0 Å². The number of aliphatic hydroxyl groups is 1. The van der Waals surface area contributed by atoms with E-state index in [1.165, 1.54) is 23.3 Å². The highest BCUT2D eigenvalue weighted by Gasteiger charge is 2.54. The molecule has 1 N–H and O–H groups in total. The van der Waals surface area contributed by atoms with Gasteiger partial charge in [0.1, 0.15) is 6.10 Å². The molecule has 6 heteroatoms. The zero-order valence-electron chi connectivity index (χ0n) is 15.8. The van der Waals surface area contributed by atoms with E-state index in [9.17, 15) is 23.1 Å². The molecule has 1 heterocycles. The van der Waals surface area contributed by atoms with Crippen LogP contribution in [0.4, 0.5) is 13.2 Å². The van der Waals surface area contributed by atoms with Crippen molar-refractivity contribution in [2.75, 3.05) is 0 Å². The SMILES string of the molecule is CC1=C2CC[C@@](C)(O)C2[C@H]2OC(=O)/C(=C/c3cccc(C(F)(F)F)c3)[C@@H]2CC1. The number of hydrogen-bond acceptors (Lipinski definition) is 3. The van der Waals surface area contributed by atoms with E-state index < -0.39 is 29.4 Å². The lowest BCUT2D eigenvalue weighted by atomic mass is 9.79. The third-order valence-electron chi connectivity index (χ3n) is 6.46. The summed E-state index contributed by atoms with van der Waals surface area (Å²) >= 11 is 0. The fourth-order valence-corrected chi connectivity index (χ4v) is 5.01. The van der Waals surface area contributed by atoms with Crippen LogP contribution in [0, 0.1) is 11.8 Å². The molecule has 2 fully saturated rings. The molecule has 4 rings (SSSR count). The summed E-state index contributed by atoms with van der Waals surface area (Å²) in [4.78, 5) is 12.6. The molecule has 0 bridgehead atoms. The lowest BCUT2D eigenvalue weighted by Crippen LogP contribution is -2.40. The van der Waals surface area contributed by atoms with Gasteiger partial charge >= 0.3 is 12.1 Å². The first-order valence-electron chi connectivity index (χ1n) is 9.58. The monoisotopic (exact) mass is 392 g/mol. The van der Waals surface area contributed by atoms with Gasteiger partial charge in [0.2, 0.25) is 0 Å². The summed E-state index contributed by atoms with van der Waals surface area (Å²) in [7, 11) is 0. The van der Waals surface area contributed by atoms with E-state index in [-0.39, 0.29) is 11.8 Å². The molecule has 1 saturated carbocycles. The Labute approximate surface area is 161 Å². The van der Waals surface area contributed by atoms with Crippen LogP contribution in [0.3, 0.4) is 0 Å². The van der Waals surface area contributed by atoms with Crippen molar-refractivity contribution in [2.24, 2.45) is 11.8 Å². The van der Waals surface area contributed by atoms with Gasteiger partial charge in [0.15, 0.2) is 0 Å². The summed E-state index contributed by atoms with van der Waals surface area (Å²) in [6.45, 7) is 3.84. The summed E-state index contributed by atoms with van der Waals surface area (Å²) in [6.07, 6.45) is -0.493. The first-order valence-corrected chi connectivity index (χ1v) is 9.58. The second-order valence-corrected chi connectivity index (χ2v) is 8.38. The summed E-state index contributed by atoms with van der Waals surface area (Å²) in [5, 5.41) is 10.9. The third-order valence-corrected chi connectivity index (χ3v) is 6.46. The van der Waals surface area contributed by atoms with E-state index in [0.717, 1.165) is 25.0 Å². The van der Waals surface area contributed by atoms with E-state index in [1.807, 2.05) is 0 Å². The molecule has 1 aliphatic heterocycles. The maximum absolute atomic E-state index is 13.0. The van der Waals surface area contributed by atoms with E-state index in [1.54, 1.807) is 13.0 Å². The maximum atomic E-state index is 13.0. The average Bonchev–Trinajstić information content (AvgIpc) is 3.03. The van der Waals surface area contributed by atoms with E-state index in [4.69, 9.17) is 4.74 Å². The summed E-state index contributed by atoms with van der Waals surface area (Å²) in [6, 6.07) is 4.95. The Morgan fingerprint density at radius 1 is 1.29 bits per heavy atom. The molecule has 3 nitrogen and oxygen atoms in total. The highest BCUT2D eigenvalue weighted by Crippen LogP contribution is 2.52. The van der Waals surface area contributed by atoms with Gasteiger partial charge in [-0.1, -0.05) is 23.3 Å². The molecular weight excluding hydrogens is 369 g/mol. The van der Waals surface area contributed by atoms with Crippen molar-refractivity contribution in [1.82, 2.24) is 0 Å². The molecule has 4 atom stereocenters. The average molecular weight is 392 g/mol. The second kappa shape index (κ2) is 6.48. The minimum absolute atomic E-state index is 0.232. The van der Waals surface area contributed by atoms with E-state index >= 15 is 0 Å². The van der Waals surface area contributed by atoms with Gasteiger partial charge in [-0.2, -0.15) is 13.2 Å². The van der Waals surface area contributed by atoms with E-state index in [0.29, 0.717) is 24.0 Å². The van der Waals surface area contributed by atoms with Crippen molar-refractivity contribution < 1.29 is 27.8 Å². The molecular formula is C22H23F3O3. The molecule has 28 heavy (non-hydrogen) atoms. The zero-order valence-corrected chi connectivity index (χ0v) is 15.8. The van der Waals surface area contributed by atoms with Gasteiger partial charge in [-0.25, -0.2) is 4.79 Å². The third kappa shape index (κ3) is 3.17. The Bertz CT molecular complexity index is 879. The number of halogens is 3. The molecule has 0 aromatic heterocycles.